The molecule has 100 valence electrons. The van der Waals surface area contributed by atoms with E-state index in [2.05, 4.69) is 19.3 Å². The molecule has 19 heavy (non-hydrogen) atoms. The van der Waals surface area contributed by atoms with Crippen molar-refractivity contribution in [1.29, 1.82) is 0 Å². The monoisotopic (exact) mass is 312 g/mol. The molecule has 0 unspecified atom stereocenters. The highest BCUT2D eigenvalue weighted by Crippen LogP contribution is 2.27. The van der Waals surface area contributed by atoms with Crippen molar-refractivity contribution in [3.8, 4) is 0 Å². The molecule has 0 atom stereocenters. The quantitative estimate of drug-likeness (QED) is 0.691. The fraction of sp³-hybridized carbons (Fsp3) is 0.333. The third-order valence-electron chi connectivity index (χ3n) is 3.05. The molecule has 0 saturated carbocycles. The van der Waals surface area contributed by atoms with E-state index in [-0.39, 0.29) is 0 Å². The Balaban J connectivity index is 1.94. The predicted molar refractivity (Wildman–Crippen MR) is 81.6 cm³/mol. The van der Waals surface area contributed by atoms with Crippen LogP contribution >= 0.6 is 34.3 Å². The van der Waals surface area contributed by atoms with Gasteiger partial charge < -0.3 is 4.90 Å². The second kappa shape index (κ2) is 5.11. The van der Waals surface area contributed by atoms with Crippen molar-refractivity contribution in [1.82, 2.24) is 14.4 Å². The molecule has 0 bridgehead atoms. The molecule has 4 nitrogen and oxygen atoms in total. The average molecular weight is 313 g/mol. The van der Waals surface area contributed by atoms with Crippen molar-refractivity contribution in [3.63, 3.8) is 0 Å². The van der Waals surface area contributed by atoms with Crippen LogP contribution in [-0.4, -0.2) is 21.4 Å². The third-order valence-corrected chi connectivity index (χ3v) is 4.98. The lowest BCUT2D eigenvalue weighted by atomic mass is 10.3. The summed E-state index contributed by atoms with van der Waals surface area (Å²) in [5.74, 6) is 1.41. The molecule has 0 aromatic carbocycles. The van der Waals surface area contributed by atoms with Gasteiger partial charge in [-0.05, 0) is 6.92 Å². The fourth-order valence-electron chi connectivity index (χ4n) is 2.02. The number of alkyl halides is 1. The Morgan fingerprint density at radius 3 is 2.95 bits per heavy atom. The van der Waals surface area contributed by atoms with E-state index in [1.165, 1.54) is 4.88 Å². The number of hydrogen-bond donors (Lipinski definition) is 0. The third kappa shape index (κ3) is 2.24. The first-order valence-electron chi connectivity index (χ1n) is 5.81. The highest BCUT2D eigenvalue weighted by Gasteiger charge is 2.17. The van der Waals surface area contributed by atoms with Gasteiger partial charge in [-0.25, -0.2) is 9.97 Å². The van der Waals surface area contributed by atoms with Crippen LogP contribution in [0.3, 0.4) is 0 Å². The lowest BCUT2D eigenvalue weighted by Crippen LogP contribution is -2.18. The zero-order valence-corrected chi connectivity index (χ0v) is 13.0. The van der Waals surface area contributed by atoms with E-state index in [1.807, 2.05) is 31.1 Å². The molecule has 3 aromatic rings. The van der Waals surface area contributed by atoms with Gasteiger partial charge in [0.15, 0.2) is 10.8 Å². The summed E-state index contributed by atoms with van der Waals surface area (Å²) in [7, 11) is 2.04. The van der Waals surface area contributed by atoms with Crippen molar-refractivity contribution in [2.24, 2.45) is 0 Å². The van der Waals surface area contributed by atoms with E-state index in [1.54, 1.807) is 22.7 Å². The summed E-state index contributed by atoms with van der Waals surface area (Å²) in [6, 6.07) is 0. The van der Waals surface area contributed by atoms with Crippen LogP contribution in [0.15, 0.2) is 17.1 Å². The van der Waals surface area contributed by atoms with E-state index in [9.17, 15) is 0 Å². The molecule has 0 aliphatic carbocycles. The largest absolute Gasteiger partial charge is 0.353 e. The maximum Gasteiger partial charge on any atom is 0.195 e. The summed E-state index contributed by atoms with van der Waals surface area (Å²) in [5.41, 5.74) is 4.01. The first-order chi connectivity index (χ1) is 9.20. The minimum atomic E-state index is 0.458. The number of thiazole rings is 2. The van der Waals surface area contributed by atoms with E-state index in [4.69, 9.17) is 11.6 Å². The zero-order chi connectivity index (χ0) is 13.4. The number of anilines is 1. The smallest absolute Gasteiger partial charge is 0.195 e. The van der Waals surface area contributed by atoms with Crippen LogP contribution in [0, 0.1) is 6.92 Å². The van der Waals surface area contributed by atoms with Gasteiger partial charge in [0.2, 0.25) is 0 Å². The Morgan fingerprint density at radius 1 is 1.42 bits per heavy atom. The molecule has 0 amide bonds. The Morgan fingerprint density at radius 2 is 2.26 bits per heavy atom. The number of imidazole rings is 1. The molecule has 0 N–H and O–H groups in total. The Labute approximate surface area is 124 Å². The minimum absolute atomic E-state index is 0.458. The summed E-state index contributed by atoms with van der Waals surface area (Å²) in [4.78, 5) is 13.3. The van der Waals surface area contributed by atoms with Crippen molar-refractivity contribution in [2.45, 2.75) is 19.3 Å². The van der Waals surface area contributed by atoms with Crippen LogP contribution in [0.1, 0.15) is 16.3 Å². The zero-order valence-electron chi connectivity index (χ0n) is 10.6. The fourth-order valence-corrected chi connectivity index (χ4v) is 3.83. The number of rotatable bonds is 4. The molecule has 0 saturated heterocycles. The molecule has 3 rings (SSSR count). The van der Waals surface area contributed by atoms with Gasteiger partial charge in [0.05, 0.1) is 29.3 Å². The molecule has 3 aromatic heterocycles. The van der Waals surface area contributed by atoms with Crippen molar-refractivity contribution in [2.75, 3.05) is 11.9 Å². The summed E-state index contributed by atoms with van der Waals surface area (Å²) in [6.07, 6.45) is 2.01. The van der Waals surface area contributed by atoms with E-state index < -0.39 is 0 Å². The molecule has 0 aliphatic heterocycles. The van der Waals surface area contributed by atoms with Gasteiger partial charge in [-0.2, -0.15) is 0 Å². The van der Waals surface area contributed by atoms with Gasteiger partial charge in [0.1, 0.15) is 0 Å². The topological polar surface area (TPSA) is 33.4 Å². The number of hydrogen-bond acceptors (Lipinski definition) is 5. The lowest BCUT2D eigenvalue weighted by Gasteiger charge is -2.17. The molecular formula is C12H13ClN4S2. The highest BCUT2D eigenvalue weighted by molar-refractivity contribution is 7.15. The number of nitrogens with zero attached hydrogens (tertiary/aromatic N) is 4. The van der Waals surface area contributed by atoms with Gasteiger partial charge in [0.25, 0.3) is 0 Å². The first kappa shape index (κ1) is 12.9. The second-order valence-electron chi connectivity index (χ2n) is 4.29. The Bertz CT molecular complexity index is 700. The van der Waals surface area contributed by atoms with Crippen molar-refractivity contribution in [3.05, 3.63) is 33.4 Å². The van der Waals surface area contributed by atoms with Crippen LogP contribution in [0.5, 0.6) is 0 Å². The normalized spacial score (nSPS) is 11.3. The molecular weight excluding hydrogens is 300 g/mol. The van der Waals surface area contributed by atoms with Gasteiger partial charge in [-0.15, -0.1) is 34.3 Å². The Kier molecular flexibility index (Phi) is 3.47. The van der Waals surface area contributed by atoms with E-state index in [0.29, 0.717) is 5.88 Å². The highest BCUT2D eigenvalue weighted by atomic mass is 35.5. The van der Waals surface area contributed by atoms with Crippen LogP contribution in [-0.2, 0) is 12.4 Å². The summed E-state index contributed by atoms with van der Waals surface area (Å²) in [5, 5.41) is 2.02. The molecule has 0 radical (unpaired) electrons. The predicted octanol–water partition coefficient (Wildman–Crippen LogP) is 3.54. The number of aryl methyl sites for hydroxylation is 1. The summed E-state index contributed by atoms with van der Waals surface area (Å²) >= 11 is 9.37. The Hall–Kier alpha value is -1.11. The van der Waals surface area contributed by atoms with Gasteiger partial charge in [-0.1, -0.05) is 0 Å². The SMILES string of the molecule is Cc1ncsc1CN(C)c1nc2sccn2c1CCl. The minimum Gasteiger partial charge on any atom is -0.353 e. The van der Waals surface area contributed by atoms with Crippen LogP contribution in [0.4, 0.5) is 5.82 Å². The van der Waals surface area contributed by atoms with Gasteiger partial charge in [0, 0.05) is 23.5 Å². The number of aromatic nitrogens is 3. The summed E-state index contributed by atoms with van der Waals surface area (Å²) < 4.78 is 2.06. The summed E-state index contributed by atoms with van der Waals surface area (Å²) in [6.45, 7) is 2.85. The first-order valence-corrected chi connectivity index (χ1v) is 8.10. The molecule has 0 spiro atoms. The average Bonchev–Trinajstić information content (AvgIpc) is 3.05. The van der Waals surface area contributed by atoms with E-state index in [0.717, 1.165) is 28.7 Å². The molecule has 0 aliphatic rings. The van der Waals surface area contributed by atoms with Crippen molar-refractivity contribution < 1.29 is 0 Å². The van der Waals surface area contributed by atoms with Crippen molar-refractivity contribution >= 4 is 45.1 Å². The number of halogens is 1. The van der Waals surface area contributed by atoms with Crippen LogP contribution < -0.4 is 4.90 Å². The molecule has 3 heterocycles. The molecule has 7 heteroatoms. The van der Waals surface area contributed by atoms with Crippen LogP contribution in [0.2, 0.25) is 0 Å². The maximum atomic E-state index is 6.07. The van der Waals surface area contributed by atoms with E-state index >= 15 is 0 Å². The molecule has 0 fully saturated rings. The van der Waals surface area contributed by atoms with Gasteiger partial charge >= 0.3 is 0 Å². The maximum absolute atomic E-state index is 6.07. The van der Waals surface area contributed by atoms with Gasteiger partial charge in [-0.3, -0.25) is 4.40 Å². The standard InChI is InChI=1S/C12H13ClN4S2/c1-8-10(19-7-14-8)6-16(2)11-9(5-13)17-3-4-18-12(17)15-11/h3-4,7H,5-6H2,1-2H3. The lowest BCUT2D eigenvalue weighted by molar-refractivity contribution is 0.897. The number of fused-ring (bicyclic) bond motifs is 1. The second-order valence-corrected chi connectivity index (χ2v) is 6.37. The van der Waals surface area contributed by atoms with Crippen LogP contribution in [0.25, 0.3) is 4.96 Å².